The molecule has 0 bridgehead atoms. The van der Waals surface area contributed by atoms with Crippen LogP contribution in [0.2, 0.25) is 0 Å². The molecule has 0 fully saturated rings. The molecule has 0 aromatic heterocycles. The molecule has 25 heavy (non-hydrogen) atoms. The topological polar surface area (TPSA) is 122 Å². The quantitative estimate of drug-likeness (QED) is 0.619. The zero-order valence-corrected chi connectivity index (χ0v) is 15.0. The van der Waals surface area contributed by atoms with Crippen LogP contribution < -0.4 is 10.4 Å². The lowest BCUT2D eigenvalue weighted by molar-refractivity contribution is -0.384. The van der Waals surface area contributed by atoms with Crippen molar-refractivity contribution in [1.29, 1.82) is 0 Å². The lowest BCUT2D eigenvalue weighted by Crippen LogP contribution is -2.58. The summed E-state index contributed by atoms with van der Waals surface area (Å²) >= 11 is 0. The van der Waals surface area contributed by atoms with E-state index in [9.17, 15) is 24.8 Å². The number of nitro benzene ring substituents is 1. The number of hydrogen-bond acceptors (Lipinski definition) is 6. The summed E-state index contributed by atoms with van der Waals surface area (Å²) in [6.07, 6.45) is -0.873. The molecule has 8 heteroatoms. The Morgan fingerprint density at radius 1 is 1.20 bits per heavy atom. The Morgan fingerprint density at radius 2 is 1.72 bits per heavy atom. The third kappa shape index (κ3) is 5.44. The molecule has 8 nitrogen and oxygen atoms in total. The smallest absolute Gasteiger partial charge is 0.408 e. The number of rotatable bonds is 6. The molecule has 1 amide bonds. The van der Waals surface area contributed by atoms with Crippen LogP contribution in [0.15, 0.2) is 24.3 Å². The fourth-order valence-corrected chi connectivity index (χ4v) is 2.45. The minimum absolute atomic E-state index is 0.0341. The number of nitro groups is 1. The first-order chi connectivity index (χ1) is 11.4. The summed E-state index contributed by atoms with van der Waals surface area (Å²) in [7, 11) is 0. The molecule has 1 atom stereocenters. The van der Waals surface area contributed by atoms with Crippen molar-refractivity contribution in [2.24, 2.45) is 5.92 Å². The zero-order chi connectivity index (χ0) is 19.4. The highest BCUT2D eigenvalue weighted by atomic mass is 16.6. The predicted octanol–water partition coefficient (Wildman–Crippen LogP) is 2.11. The number of hydrogen-bond donors (Lipinski definition) is 1. The van der Waals surface area contributed by atoms with Crippen LogP contribution in [-0.2, 0) is 15.1 Å². The standard InChI is InChI=1S/C17H24N2O6/c1-11(2)10-17(14(20)21,18-15(22)25-16(3,4)5)12-6-8-13(9-7-12)19(23)24/h6-9,11H,10H2,1-5H3,(H,18,22)(H,20,21)/p-1/t17-/m0/s1. The van der Waals surface area contributed by atoms with Gasteiger partial charge in [0.2, 0.25) is 0 Å². The van der Waals surface area contributed by atoms with Crippen LogP contribution in [-0.4, -0.2) is 22.6 Å². The van der Waals surface area contributed by atoms with Gasteiger partial charge in [0.15, 0.2) is 0 Å². The van der Waals surface area contributed by atoms with Crippen LogP contribution in [0.5, 0.6) is 0 Å². The van der Waals surface area contributed by atoms with Crippen molar-refractivity contribution < 1.29 is 24.4 Å². The van der Waals surface area contributed by atoms with E-state index in [1.807, 2.05) is 0 Å². The van der Waals surface area contributed by atoms with E-state index in [0.717, 1.165) is 0 Å². The third-order valence-electron chi connectivity index (χ3n) is 3.35. The number of carboxylic acid groups (broad SMARTS) is 1. The molecule has 1 rings (SSSR count). The Hall–Kier alpha value is -2.64. The number of nitrogens with zero attached hydrogens (tertiary/aromatic N) is 1. The summed E-state index contributed by atoms with van der Waals surface area (Å²) in [5.74, 6) is -1.62. The maximum atomic E-state index is 12.2. The molecule has 0 saturated heterocycles. The average Bonchev–Trinajstić information content (AvgIpc) is 2.43. The number of carbonyl (C=O) groups is 2. The molecule has 0 unspecified atom stereocenters. The largest absolute Gasteiger partial charge is 0.547 e. The molecule has 0 aliphatic carbocycles. The SMILES string of the molecule is CC(C)C[C@@](NC(=O)OC(C)(C)C)(C(=O)[O-])c1ccc([N+](=O)[O-])cc1. The van der Waals surface area contributed by atoms with E-state index in [1.54, 1.807) is 34.6 Å². The minimum atomic E-state index is -1.86. The van der Waals surface area contributed by atoms with Crippen LogP contribution >= 0.6 is 0 Å². The van der Waals surface area contributed by atoms with Crippen molar-refractivity contribution in [3.8, 4) is 0 Å². The fourth-order valence-electron chi connectivity index (χ4n) is 2.45. The molecule has 0 heterocycles. The maximum Gasteiger partial charge on any atom is 0.408 e. The van der Waals surface area contributed by atoms with Gasteiger partial charge in [-0.15, -0.1) is 0 Å². The highest BCUT2D eigenvalue weighted by Crippen LogP contribution is 2.30. The molecule has 1 aromatic carbocycles. The number of ether oxygens (including phenoxy) is 1. The fraction of sp³-hybridized carbons (Fsp3) is 0.529. The average molecular weight is 351 g/mol. The first-order valence-electron chi connectivity index (χ1n) is 7.85. The van der Waals surface area contributed by atoms with Gasteiger partial charge in [-0.1, -0.05) is 13.8 Å². The van der Waals surface area contributed by atoms with Crippen molar-refractivity contribution in [3.63, 3.8) is 0 Å². The maximum absolute atomic E-state index is 12.2. The van der Waals surface area contributed by atoms with Gasteiger partial charge in [-0.25, -0.2) is 4.79 Å². The van der Waals surface area contributed by atoms with Crippen molar-refractivity contribution in [2.75, 3.05) is 0 Å². The van der Waals surface area contributed by atoms with E-state index in [1.165, 1.54) is 24.3 Å². The molecule has 0 saturated carbocycles. The van der Waals surface area contributed by atoms with Gasteiger partial charge < -0.3 is 20.0 Å². The minimum Gasteiger partial charge on any atom is -0.547 e. The molecule has 0 radical (unpaired) electrons. The number of carbonyl (C=O) groups excluding carboxylic acids is 2. The summed E-state index contributed by atoms with van der Waals surface area (Å²) in [4.78, 5) is 34.3. The third-order valence-corrected chi connectivity index (χ3v) is 3.35. The van der Waals surface area contributed by atoms with E-state index in [2.05, 4.69) is 5.32 Å². The summed E-state index contributed by atoms with van der Waals surface area (Å²) in [6.45, 7) is 8.55. The number of alkyl carbamates (subject to hydrolysis) is 1. The van der Waals surface area contributed by atoms with Crippen LogP contribution in [0.3, 0.4) is 0 Å². The van der Waals surface area contributed by atoms with Gasteiger partial charge in [0.1, 0.15) is 11.1 Å². The summed E-state index contributed by atoms with van der Waals surface area (Å²) in [6, 6.07) is 4.97. The van der Waals surface area contributed by atoms with Gasteiger partial charge in [0.25, 0.3) is 5.69 Å². The second-order valence-corrected chi connectivity index (χ2v) is 7.22. The monoisotopic (exact) mass is 351 g/mol. The van der Waals surface area contributed by atoms with Crippen LogP contribution in [0.25, 0.3) is 0 Å². The second-order valence-electron chi connectivity index (χ2n) is 7.22. The molecule has 0 spiro atoms. The zero-order valence-electron chi connectivity index (χ0n) is 15.0. The van der Waals surface area contributed by atoms with Crippen molar-refractivity contribution in [1.82, 2.24) is 5.32 Å². The van der Waals surface area contributed by atoms with Gasteiger partial charge in [0.05, 0.1) is 10.9 Å². The number of non-ortho nitro benzene ring substituents is 1. The number of benzene rings is 1. The van der Waals surface area contributed by atoms with E-state index in [-0.39, 0.29) is 23.6 Å². The van der Waals surface area contributed by atoms with Gasteiger partial charge in [-0.3, -0.25) is 10.1 Å². The van der Waals surface area contributed by atoms with E-state index >= 15 is 0 Å². The molecular weight excluding hydrogens is 328 g/mol. The molecule has 0 aliphatic heterocycles. The van der Waals surface area contributed by atoms with Crippen molar-refractivity contribution in [2.45, 2.75) is 52.2 Å². The summed E-state index contributed by atoms with van der Waals surface area (Å²) in [5, 5.41) is 25.1. The van der Waals surface area contributed by atoms with E-state index in [0.29, 0.717) is 0 Å². The Morgan fingerprint density at radius 3 is 2.08 bits per heavy atom. The van der Waals surface area contributed by atoms with Crippen LogP contribution in [0, 0.1) is 16.0 Å². The van der Waals surface area contributed by atoms with E-state index < -0.39 is 28.1 Å². The predicted molar refractivity (Wildman–Crippen MR) is 88.6 cm³/mol. The lowest BCUT2D eigenvalue weighted by Gasteiger charge is -2.38. The number of carboxylic acids is 1. The first-order valence-corrected chi connectivity index (χ1v) is 7.85. The van der Waals surface area contributed by atoms with E-state index in [4.69, 9.17) is 4.74 Å². The molecule has 1 N–H and O–H groups in total. The Balaban J connectivity index is 3.33. The lowest BCUT2D eigenvalue weighted by atomic mass is 9.82. The molecule has 138 valence electrons. The molecule has 0 aliphatic rings. The normalized spacial score (nSPS) is 13.8. The molecular formula is C17H23N2O6-. The summed E-state index contributed by atoms with van der Waals surface area (Å²) in [5.41, 5.74) is -2.67. The highest BCUT2D eigenvalue weighted by molar-refractivity contribution is 5.84. The second kappa shape index (κ2) is 7.50. The highest BCUT2D eigenvalue weighted by Gasteiger charge is 2.38. The van der Waals surface area contributed by atoms with Gasteiger partial charge in [0, 0.05) is 12.1 Å². The molecule has 1 aromatic rings. The Kier molecular flexibility index (Phi) is 6.12. The van der Waals surface area contributed by atoms with Crippen molar-refractivity contribution >= 4 is 17.7 Å². The number of nitrogens with one attached hydrogen (secondary N) is 1. The first kappa shape index (κ1) is 20.4. The number of aliphatic carboxylic acids is 1. The number of amides is 1. The Bertz CT molecular complexity index is 648. The summed E-state index contributed by atoms with van der Waals surface area (Å²) < 4.78 is 5.16. The van der Waals surface area contributed by atoms with Crippen LogP contribution in [0.1, 0.15) is 46.6 Å². The van der Waals surface area contributed by atoms with Gasteiger partial charge >= 0.3 is 6.09 Å². The van der Waals surface area contributed by atoms with Gasteiger partial charge in [-0.2, -0.15) is 0 Å². The van der Waals surface area contributed by atoms with Crippen LogP contribution in [0.4, 0.5) is 10.5 Å². The van der Waals surface area contributed by atoms with Crippen molar-refractivity contribution in [3.05, 3.63) is 39.9 Å². The van der Waals surface area contributed by atoms with Gasteiger partial charge in [-0.05, 0) is 50.8 Å². The Labute approximate surface area is 146 Å².